The maximum Gasteiger partial charge on any atom is 0.233 e. The van der Waals surface area contributed by atoms with E-state index in [0.717, 1.165) is 25.3 Å². The molecule has 0 fully saturated rings. The van der Waals surface area contributed by atoms with Gasteiger partial charge in [0.2, 0.25) is 11.0 Å². The van der Waals surface area contributed by atoms with Crippen molar-refractivity contribution in [3.63, 3.8) is 0 Å². The molecule has 6 nitrogen and oxygen atoms in total. The molecular formula is C21H21N5OS3. The summed E-state index contributed by atoms with van der Waals surface area (Å²) in [4.78, 5) is 19.1. The van der Waals surface area contributed by atoms with Crippen molar-refractivity contribution >= 4 is 61.4 Å². The zero-order valence-electron chi connectivity index (χ0n) is 16.8. The first-order chi connectivity index (χ1) is 14.5. The topological polar surface area (TPSA) is 71.0 Å². The van der Waals surface area contributed by atoms with Gasteiger partial charge in [0.05, 0.1) is 22.0 Å². The van der Waals surface area contributed by atoms with Crippen molar-refractivity contribution in [3.8, 4) is 0 Å². The van der Waals surface area contributed by atoms with Gasteiger partial charge in [-0.05, 0) is 43.7 Å². The van der Waals surface area contributed by atoms with E-state index in [2.05, 4.69) is 32.6 Å². The molecule has 9 heteroatoms. The largest absolute Gasteiger partial charge is 0.336 e. The Morgan fingerprint density at radius 2 is 2.00 bits per heavy atom. The van der Waals surface area contributed by atoms with E-state index >= 15 is 0 Å². The summed E-state index contributed by atoms with van der Waals surface area (Å²) >= 11 is 4.48. The second kappa shape index (κ2) is 9.11. The number of para-hydroxylation sites is 1. The number of aryl methyl sites for hydroxylation is 1. The van der Waals surface area contributed by atoms with Crippen LogP contribution in [0.3, 0.4) is 0 Å². The van der Waals surface area contributed by atoms with Crippen LogP contribution in [-0.4, -0.2) is 38.8 Å². The highest BCUT2D eigenvalue weighted by Gasteiger charge is 2.21. The molecule has 0 aliphatic heterocycles. The van der Waals surface area contributed by atoms with Crippen molar-refractivity contribution in [3.05, 3.63) is 59.1 Å². The third-order valence-corrected chi connectivity index (χ3v) is 7.80. The first kappa shape index (κ1) is 20.8. The highest BCUT2D eigenvalue weighted by molar-refractivity contribution is 8.01. The summed E-state index contributed by atoms with van der Waals surface area (Å²) in [6.07, 6.45) is 0. The summed E-state index contributed by atoms with van der Waals surface area (Å²) in [7, 11) is 1.82. The van der Waals surface area contributed by atoms with E-state index in [4.69, 9.17) is 0 Å². The minimum Gasteiger partial charge on any atom is -0.336 e. The fourth-order valence-electron chi connectivity index (χ4n) is 2.84. The summed E-state index contributed by atoms with van der Waals surface area (Å²) in [6, 6.07) is 16.0. The molecule has 4 rings (SSSR count). The number of anilines is 2. The first-order valence-corrected chi connectivity index (χ1v) is 12.0. The Morgan fingerprint density at radius 1 is 1.17 bits per heavy atom. The summed E-state index contributed by atoms with van der Waals surface area (Å²) < 4.78 is 1.90. The molecule has 0 bridgehead atoms. The third kappa shape index (κ3) is 4.80. The Hall–Kier alpha value is -2.49. The van der Waals surface area contributed by atoms with Crippen LogP contribution >= 0.6 is 34.4 Å². The van der Waals surface area contributed by atoms with Crippen molar-refractivity contribution < 1.29 is 4.79 Å². The molecule has 2 heterocycles. The number of thiazole rings is 1. The molecular weight excluding hydrogens is 434 g/mol. The van der Waals surface area contributed by atoms with E-state index in [1.54, 1.807) is 16.2 Å². The molecule has 1 atom stereocenters. The second-order valence-corrected chi connectivity index (χ2v) is 10.1. The third-order valence-electron chi connectivity index (χ3n) is 4.64. The van der Waals surface area contributed by atoms with Crippen LogP contribution in [0.2, 0.25) is 0 Å². The lowest BCUT2D eigenvalue weighted by molar-refractivity contribution is -0.128. The van der Waals surface area contributed by atoms with Gasteiger partial charge in [0.25, 0.3) is 0 Å². The van der Waals surface area contributed by atoms with Crippen LogP contribution < -0.4 is 5.32 Å². The van der Waals surface area contributed by atoms with E-state index in [0.29, 0.717) is 10.9 Å². The van der Waals surface area contributed by atoms with Crippen LogP contribution in [0.4, 0.5) is 10.8 Å². The van der Waals surface area contributed by atoms with Crippen LogP contribution in [0.15, 0.2) is 52.9 Å². The number of nitrogens with one attached hydrogen (secondary N) is 1. The molecule has 0 aliphatic carbocycles. The van der Waals surface area contributed by atoms with E-state index in [1.807, 2.05) is 57.3 Å². The lowest BCUT2D eigenvalue weighted by atomic mass is 10.2. The molecule has 1 N–H and O–H groups in total. The number of carbonyl (C=O) groups is 1. The van der Waals surface area contributed by atoms with Gasteiger partial charge in [-0.2, -0.15) is 0 Å². The Kier molecular flexibility index (Phi) is 6.31. The van der Waals surface area contributed by atoms with E-state index < -0.39 is 0 Å². The molecule has 0 saturated heterocycles. The van der Waals surface area contributed by atoms with Gasteiger partial charge in [-0.25, -0.2) is 4.98 Å². The van der Waals surface area contributed by atoms with E-state index in [1.165, 1.54) is 28.7 Å². The summed E-state index contributed by atoms with van der Waals surface area (Å²) in [5.41, 5.74) is 3.13. The van der Waals surface area contributed by atoms with Crippen LogP contribution in [0, 0.1) is 6.92 Å². The molecule has 4 aromatic rings. The maximum absolute atomic E-state index is 12.7. The first-order valence-electron chi connectivity index (χ1n) is 9.41. The number of fused-ring (bicyclic) bond motifs is 1. The van der Waals surface area contributed by atoms with E-state index in [-0.39, 0.29) is 11.9 Å². The lowest BCUT2D eigenvalue weighted by Gasteiger charge is -2.22. The Morgan fingerprint density at radius 3 is 2.80 bits per heavy atom. The van der Waals surface area contributed by atoms with Crippen molar-refractivity contribution in [2.45, 2.75) is 24.2 Å². The van der Waals surface area contributed by atoms with Gasteiger partial charge in [0, 0.05) is 12.7 Å². The fraction of sp³-hybridized carbons (Fsp3) is 0.238. The average molecular weight is 456 g/mol. The van der Waals surface area contributed by atoms with Gasteiger partial charge in [0.15, 0.2) is 4.34 Å². The smallest absolute Gasteiger partial charge is 0.233 e. The Bertz CT molecular complexity index is 1140. The molecule has 154 valence electrons. The molecule has 0 saturated carbocycles. The zero-order valence-corrected chi connectivity index (χ0v) is 19.3. The number of hydrogen-bond acceptors (Lipinski definition) is 8. The molecule has 0 aliphatic rings. The highest BCUT2D eigenvalue weighted by Crippen LogP contribution is 2.31. The van der Waals surface area contributed by atoms with E-state index in [9.17, 15) is 4.79 Å². The Labute approximate surface area is 187 Å². The number of benzene rings is 2. The lowest BCUT2D eigenvalue weighted by Crippen LogP contribution is -2.31. The van der Waals surface area contributed by atoms with Gasteiger partial charge in [-0.15, -0.1) is 21.5 Å². The molecule has 0 unspecified atom stereocenters. The number of carbonyl (C=O) groups excluding carboxylic acids is 1. The summed E-state index contributed by atoms with van der Waals surface area (Å²) in [5.74, 6) is 0.348. The zero-order chi connectivity index (χ0) is 21.1. The molecule has 2 aromatic heterocycles. The van der Waals surface area contributed by atoms with Gasteiger partial charge in [0.1, 0.15) is 5.01 Å². The SMILES string of the molecule is Cc1cccc(Nc2nnc(SCC(=O)N(C)[C@@H](C)c3nc4ccccc4s3)s2)c1. The van der Waals surface area contributed by atoms with Crippen molar-refractivity contribution in [1.82, 2.24) is 20.1 Å². The molecule has 2 aromatic carbocycles. The quantitative estimate of drug-likeness (QED) is 0.371. The van der Waals surface area contributed by atoms with Gasteiger partial charge >= 0.3 is 0 Å². The monoisotopic (exact) mass is 455 g/mol. The van der Waals surface area contributed by atoms with Gasteiger partial charge in [-0.3, -0.25) is 4.79 Å². The van der Waals surface area contributed by atoms with Crippen LogP contribution in [-0.2, 0) is 4.79 Å². The predicted molar refractivity (Wildman–Crippen MR) is 126 cm³/mol. The molecule has 1 amide bonds. The number of aromatic nitrogens is 3. The van der Waals surface area contributed by atoms with Gasteiger partial charge in [-0.1, -0.05) is 47.4 Å². The fourth-order valence-corrected chi connectivity index (χ4v) is 5.60. The van der Waals surface area contributed by atoms with Gasteiger partial charge < -0.3 is 10.2 Å². The number of nitrogens with zero attached hydrogens (tertiary/aromatic N) is 4. The van der Waals surface area contributed by atoms with Crippen molar-refractivity contribution in [2.75, 3.05) is 18.1 Å². The molecule has 0 radical (unpaired) electrons. The number of hydrogen-bond donors (Lipinski definition) is 1. The Balaban J connectivity index is 1.34. The predicted octanol–water partition coefficient (Wildman–Crippen LogP) is 5.51. The second-order valence-electron chi connectivity index (χ2n) is 6.86. The van der Waals surface area contributed by atoms with Crippen molar-refractivity contribution in [2.24, 2.45) is 0 Å². The summed E-state index contributed by atoms with van der Waals surface area (Å²) in [5, 5.41) is 13.3. The number of thioether (sulfide) groups is 1. The normalized spacial score (nSPS) is 12.1. The minimum atomic E-state index is -0.0801. The van der Waals surface area contributed by atoms with Crippen molar-refractivity contribution in [1.29, 1.82) is 0 Å². The molecule has 0 spiro atoms. The number of rotatable bonds is 7. The molecule has 30 heavy (non-hydrogen) atoms. The highest BCUT2D eigenvalue weighted by atomic mass is 32.2. The average Bonchev–Trinajstić information content (AvgIpc) is 3.37. The summed E-state index contributed by atoms with van der Waals surface area (Å²) in [6.45, 7) is 4.05. The van der Waals surface area contributed by atoms with Crippen LogP contribution in [0.25, 0.3) is 10.2 Å². The van der Waals surface area contributed by atoms with Crippen LogP contribution in [0.1, 0.15) is 23.5 Å². The van der Waals surface area contributed by atoms with Crippen LogP contribution in [0.5, 0.6) is 0 Å². The minimum absolute atomic E-state index is 0.0372. The number of amides is 1. The standard InChI is InChI=1S/C21H21N5OS3/c1-13-7-6-8-15(11-13)22-20-24-25-21(30-20)28-12-18(27)26(3)14(2)19-23-16-9-4-5-10-17(16)29-19/h4-11,14H,12H2,1-3H3,(H,22,24)/t14-/m0/s1. The maximum atomic E-state index is 12.7.